The quantitative estimate of drug-likeness (QED) is 0.577. The number of amides is 1. The summed E-state index contributed by atoms with van der Waals surface area (Å²) in [4.78, 5) is 15.9. The van der Waals surface area contributed by atoms with Gasteiger partial charge in [-0.3, -0.25) is 9.79 Å². The molecule has 1 amide bonds. The number of halogens is 2. The summed E-state index contributed by atoms with van der Waals surface area (Å²) in [6, 6.07) is 11.9. The van der Waals surface area contributed by atoms with E-state index in [2.05, 4.69) is 10.1 Å². The number of thioether (sulfide) groups is 1. The zero-order valence-corrected chi connectivity index (χ0v) is 16.7. The van der Waals surface area contributed by atoms with Crippen LogP contribution in [-0.2, 0) is 9.67 Å². The minimum absolute atomic E-state index is 0.00636. The Balaban J connectivity index is 2.19. The highest BCUT2D eigenvalue weighted by Crippen LogP contribution is 2.48. The van der Waals surface area contributed by atoms with Crippen LogP contribution in [0.3, 0.4) is 0 Å². The fourth-order valence-electron chi connectivity index (χ4n) is 2.87. The lowest BCUT2D eigenvalue weighted by molar-refractivity contribution is -0.142. The van der Waals surface area contributed by atoms with Gasteiger partial charge in [-0.25, -0.2) is 13.8 Å². The molecule has 0 aromatic heterocycles. The van der Waals surface area contributed by atoms with Crippen molar-refractivity contribution in [2.75, 3.05) is 6.54 Å². The highest BCUT2D eigenvalue weighted by molar-refractivity contribution is 8.15. The number of rotatable bonds is 5. The van der Waals surface area contributed by atoms with Gasteiger partial charge in [0, 0.05) is 5.56 Å². The second-order valence-corrected chi connectivity index (χ2v) is 7.83. The minimum Gasteiger partial charge on any atom is -0.388 e. The molecule has 2 aromatic carbocycles. The molecule has 1 aliphatic rings. The number of nitrogens with two attached hydrogens (primary N) is 1. The first kappa shape index (κ1) is 20.9. The molecule has 1 heterocycles. The number of hydrogen-bond acceptors (Lipinski definition) is 5. The molecule has 2 aromatic rings. The standard InChI is InChI=1S/C20H20F2N4O2S/c1-12(27)19(28)26-20(11-24-13(2)23,14-6-4-3-5-7-14)29-18(25-26)16-10-15(21)8-9-17(16)22/h3-10,12,27H,11H2,1-2H3,(H2,23,24)/t12-,20?/m0/s1. The molecule has 0 saturated carbocycles. The molecule has 0 aliphatic carbocycles. The lowest BCUT2D eigenvalue weighted by atomic mass is 10.1. The van der Waals surface area contributed by atoms with Crippen LogP contribution < -0.4 is 5.73 Å². The van der Waals surface area contributed by atoms with E-state index in [4.69, 9.17) is 5.73 Å². The molecule has 29 heavy (non-hydrogen) atoms. The van der Waals surface area contributed by atoms with Crippen molar-refractivity contribution in [2.45, 2.75) is 24.8 Å². The van der Waals surface area contributed by atoms with Crippen molar-refractivity contribution >= 4 is 28.5 Å². The van der Waals surface area contributed by atoms with Gasteiger partial charge in [0.25, 0.3) is 5.91 Å². The van der Waals surface area contributed by atoms with E-state index in [1.807, 2.05) is 6.07 Å². The first-order chi connectivity index (χ1) is 13.7. The Labute approximate surface area is 171 Å². The van der Waals surface area contributed by atoms with Crippen molar-refractivity contribution in [1.82, 2.24) is 5.01 Å². The molecule has 0 bridgehead atoms. The van der Waals surface area contributed by atoms with Crippen LogP contribution in [0.5, 0.6) is 0 Å². The van der Waals surface area contributed by atoms with Crippen LogP contribution in [0.15, 0.2) is 58.6 Å². The Kier molecular flexibility index (Phi) is 5.99. The number of hydrogen-bond donors (Lipinski definition) is 2. The number of amidine groups is 1. The third-order valence-electron chi connectivity index (χ3n) is 4.29. The number of carbonyl (C=O) groups excluding carboxylic acids is 1. The van der Waals surface area contributed by atoms with Crippen LogP contribution in [0, 0.1) is 11.6 Å². The Bertz CT molecular complexity index is 978. The second-order valence-electron chi connectivity index (χ2n) is 6.57. The van der Waals surface area contributed by atoms with E-state index >= 15 is 0 Å². The van der Waals surface area contributed by atoms with E-state index in [0.717, 1.165) is 35.0 Å². The van der Waals surface area contributed by atoms with Gasteiger partial charge in [-0.2, -0.15) is 5.10 Å². The predicted molar refractivity (Wildman–Crippen MR) is 109 cm³/mol. The highest BCUT2D eigenvalue weighted by Gasteiger charge is 2.50. The lowest BCUT2D eigenvalue weighted by Crippen LogP contribution is -2.47. The van der Waals surface area contributed by atoms with Gasteiger partial charge in [0.2, 0.25) is 0 Å². The van der Waals surface area contributed by atoms with Crippen LogP contribution in [0.1, 0.15) is 25.0 Å². The molecular formula is C20H20F2N4O2S. The van der Waals surface area contributed by atoms with Gasteiger partial charge >= 0.3 is 0 Å². The topological polar surface area (TPSA) is 91.3 Å². The molecule has 9 heteroatoms. The largest absolute Gasteiger partial charge is 0.388 e. The van der Waals surface area contributed by atoms with Crippen molar-refractivity contribution in [3.63, 3.8) is 0 Å². The zero-order valence-electron chi connectivity index (χ0n) is 15.8. The molecule has 0 fully saturated rings. The summed E-state index contributed by atoms with van der Waals surface area (Å²) in [5.74, 6) is -1.72. The molecular weight excluding hydrogens is 398 g/mol. The summed E-state index contributed by atoms with van der Waals surface area (Å²) >= 11 is 1.06. The molecule has 6 nitrogen and oxygen atoms in total. The molecule has 3 N–H and O–H groups in total. The number of carbonyl (C=O) groups is 1. The van der Waals surface area contributed by atoms with Crippen molar-refractivity contribution in [3.8, 4) is 0 Å². The summed E-state index contributed by atoms with van der Waals surface area (Å²) in [6.07, 6.45) is -1.36. The van der Waals surface area contributed by atoms with Crippen molar-refractivity contribution < 1.29 is 18.7 Å². The van der Waals surface area contributed by atoms with E-state index in [-0.39, 0.29) is 23.0 Å². The number of benzene rings is 2. The Morgan fingerprint density at radius 2 is 2.00 bits per heavy atom. The number of nitrogens with zero attached hydrogens (tertiary/aromatic N) is 3. The van der Waals surface area contributed by atoms with Gasteiger partial charge < -0.3 is 10.8 Å². The van der Waals surface area contributed by atoms with E-state index in [1.54, 1.807) is 31.2 Å². The van der Waals surface area contributed by atoms with Gasteiger partial charge in [0.15, 0.2) is 4.87 Å². The number of hydrazone groups is 1. The Morgan fingerprint density at radius 1 is 1.31 bits per heavy atom. The molecule has 152 valence electrons. The molecule has 1 unspecified atom stereocenters. The van der Waals surface area contributed by atoms with Gasteiger partial charge in [-0.05, 0) is 37.6 Å². The summed E-state index contributed by atoms with van der Waals surface area (Å²) < 4.78 is 28.2. The fourth-order valence-corrected chi connectivity index (χ4v) is 4.18. The third kappa shape index (κ3) is 4.15. The van der Waals surface area contributed by atoms with Gasteiger partial charge in [0.1, 0.15) is 22.8 Å². The zero-order chi connectivity index (χ0) is 21.2. The molecule has 0 spiro atoms. The monoisotopic (exact) mass is 418 g/mol. The minimum atomic E-state index is -1.36. The Hall–Kier alpha value is -2.78. The Morgan fingerprint density at radius 3 is 2.62 bits per heavy atom. The van der Waals surface area contributed by atoms with E-state index in [0.29, 0.717) is 5.56 Å². The van der Waals surface area contributed by atoms with Crippen LogP contribution in [0.2, 0.25) is 0 Å². The summed E-state index contributed by atoms with van der Waals surface area (Å²) in [7, 11) is 0. The third-order valence-corrected chi connectivity index (χ3v) is 5.66. The number of aliphatic hydroxyl groups is 1. The average Bonchev–Trinajstić information content (AvgIpc) is 3.09. The molecule has 3 rings (SSSR count). The van der Waals surface area contributed by atoms with Crippen LogP contribution in [0.25, 0.3) is 0 Å². The lowest BCUT2D eigenvalue weighted by Gasteiger charge is -2.35. The van der Waals surface area contributed by atoms with Crippen LogP contribution >= 0.6 is 11.8 Å². The van der Waals surface area contributed by atoms with Crippen LogP contribution in [-0.4, -0.2) is 39.6 Å². The van der Waals surface area contributed by atoms with Crippen LogP contribution in [0.4, 0.5) is 8.78 Å². The van der Waals surface area contributed by atoms with E-state index in [1.165, 1.54) is 6.92 Å². The second kappa shape index (κ2) is 8.30. The summed E-state index contributed by atoms with van der Waals surface area (Å²) in [5, 5.41) is 15.4. The first-order valence-electron chi connectivity index (χ1n) is 8.82. The maximum Gasteiger partial charge on any atom is 0.272 e. The average molecular weight is 418 g/mol. The fraction of sp³-hybridized carbons (Fsp3) is 0.250. The maximum atomic E-state index is 14.4. The summed E-state index contributed by atoms with van der Waals surface area (Å²) in [6.45, 7) is 2.93. The molecule has 2 atom stereocenters. The van der Waals surface area contributed by atoms with E-state index in [9.17, 15) is 18.7 Å². The highest BCUT2D eigenvalue weighted by atomic mass is 32.2. The molecule has 1 aliphatic heterocycles. The summed E-state index contributed by atoms with van der Waals surface area (Å²) in [5.41, 5.74) is 6.29. The van der Waals surface area contributed by atoms with E-state index < -0.39 is 28.5 Å². The smallest absolute Gasteiger partial charge is 0.272 e. The van der Waals surface area contributed by atoms with Crippen molar-refractivity contribution in [3.05, 3.63) is 71.3 Å². The van der Waals surface area contributed by atoms with Gasteiger partial charge in [-0.15, -0.1) is 0 Å². The van der Waals surface area contributed by atoms with Gasteiger partial charge in [-0.1, -0.05) is 42.1 Å². The number of aliphatic hydroxyl groups excluding tert-OH is 1. The van der Waals surface area contributed by atoms with Gasteiger partial charge in [0.05, 0.1) is 12.4 Å². The predicted octanol–water partition coefficient (Wildman–Crippen LogP) is 2.81. The number of aliphatic imine (C=N–C) groups is 1. The molecule has 0 radical (unpaired) electrons. The first-order valence-corrected chi connectivity index (χ1v) is 9.63. The molecule has 0 saturated heterocycles. The van der Waals surface area contributed by atoms with Crippen molar-refractivity contribution in [2.24, 2.45) is 15.8 Å². The van der Waals surface area contributed by atoms with Crippen molar-refractivity contribution in [1.29, 1.82) is 0 Å². The SMILES string of the molecule is CC(N)=NCC1(c2ccccc2)SC(c2cc(F)ccc2F)=NN1C(=O)[C@H](C)O. The maximum absolute atomic E-state index is 14.4. The normalized spacial score (nSPS) is 20.5.